The lowest BCUT2D eigenvalue weighted by molar-refractivity contribution is 0.182. The summed E-state index contributed by atoms with van der Waals surface area (Å²) >= 11 is 0. The average molecular weight is 198 g/mol. The fourth-order valence-corrected chi connectivity index (χ4v) is 1.57. The van der Waals surface area contributed by atoms with E-state index in [0.717, 1.165) is 12.2 Å². The van der Waals surface area contributed by atoms with Gasteiger partial charge in [0.25, 0.3) is 0 Å². The van der Waals surface area contributed by atoms with E-state index in [1.165, 1.54) is 0 Å². The lowest BCUT2D eigenvalue weighted by atomic mass is 10.2. The lowest BCUT2D eigenvalue weighted by Gasteiger charge is -2.28. The van der Waals surface area contributed by atoms with Crippen molar-refractivity contribution in [3.05, 3.63) is 6.20 Å². The molecule has 0 aliphatic rings. The Morgan fingerprint density at radius 3 is 2.86 bits per heavy atom. The molecule has 1 rings (SSSR count). The third-order valence-electron chi connectivity index (χ3n) is 2.24. The minimum absolute atomic E-state index is 0.296. The highest BCUT2D eigenvalue weighted by Crippen LogP contribution is 2.21. The second-order valence-corrected chi connectivity index (χ2v) is 3.26. The molecule has 0 saturated heterocycles. The lowest BCUT2D eigenvalue weighted by Crippen LogP contribution is -2.36. The van der Waals surface area contributed by atoms with Crippen molar-refractivity contribution in [3.63, 3.8) is 0 Å². The topological polar surface area (TPSA) is 67.2 Å². The van der Waals surface area contributed by atoms with E-state index in [-0.39, 0.29) is 0 Å². The van der Waals surface area contributed by atoms with Crippen LogP contribution in [0.3, 0.4) is 0 Å². The monoisotopic (exact) mass is 198 g/mol. The number of nitrogens with zero attached hydrogens (tertiary/aromatic N) is 2. The first-order valence-electron chi connectivity index (χ1n) is 4.75. The quantitative estimate of drug-likeness (QED) is 0.736. The minimum atomic E-state index is 0.296. The summed E-state index contributed by atoms with van der Waals surface area (Å²) in [5, 5.41) is 6.63. The zero-order valence-corrected chi connectivity index (χ0v) is 8.95. The summed E-state index contributed by atoms with van der Waals surface area (Å²) in [7, 11) is 1.70. The van der Waals surface area contributed by atoms with Crippen LogP contribution in [0.25, 0.3) is 0 Å². The number of hydrogen-bond acceptors (Lipinski definition) is 4. The molecule has 0 bridgehead atoms. The van der Waals surface area contributed by atoms with E-state index in [0.29, 0.717) is 18.5 Å². The Morgan fingerprint density at radius 2 is 2.43 bits per heavy atom. The van der Waals surface area contributed by atoms with Crippen LogP contribution >= 0.6 is 0 Å². The molecule has 0 radical (unpaired) electrons. The molecule has 5 heteroatoms. The number of methoxy groups -OCH3 is 1. The van der Waals surface area contributed by atoms with Crippen LogP contribution < -0.4 is 10.6 Å². The van der Waals surface area contributed by atoms with Crippen LogP contribution in [0.5, 0.6) is 0 Å². The van der Waals surface area contributed by atoms with E-state index in [4.69, 9.17) is 10.5 Å². The fourth-order valence-electron chi connectivity index (χ4n) is 1.57. The molecule has 0 fully saturated rings. The van der Waals surface area contributed by atoms with Crippen molar-refractivity contribution in [1.29, 1.82) is 0 Å². The van der Waals surface area contributed by atoms with Gasteiger partial charge in [-0.25, -0.2) is 0 Å². The van der Waals surface area contributed by atoms with E-state index in [2.05, 4.69) is 28.9 Å². The molecule has 0 aromatic carbocycles. The summed E-state index contributed by atoms with van der Waals surface area (Å²) in [5.41, 5.74) is 6.69. The first-order valence-corrected chi connectivity index (χ1v) is 4.75. The molecule has 5 nitrogen and oxygen atoms in total. The maximum Gasteiger partial charge on any atom is 0.142 e. The van der Waals surface area contributed by atoms with E-state index >= 15 is 0 Å². The maximum atomic E-state index is 5.75. The second-order valence-electron chi connectivity index (χ2n) is 3.26. The number of rotatable bonds is 5. The molecule has 1 aromatic rings. The summed E-state index contributed by atoms with van der Waals surface area (Å²) in [6, 6.07) is 0.296. The van der Waals surface area contributed by atoms with Crippen molar-refractivity contribution < 1.29 is 4.74 Å². The number of aromatic nitrogens is 2. The van der Waals surface area contributed by atoms with Crippen LogP contribution in [0.4, 0.5) is 11.5 Å². The van der Waals surface area contributed by atoms with Gasteiger partial charge < -0.3 is 15.4 Å². The number of ether oxygens (including phenoxy) is 1. The zero-order chi connectivity index (χ0) is 10.6. The van der Waals surface area contributed by atoms with Crippen molar-refractivity contribution in [3.8, 4) is 0 Å². The highest BCUT2D eigenvalue weighted by atomic mass is 16.5. The van der Waals surface area contributed by atoms with Crippen LogP contribution in [0.2, 0.25) is 0 Å². The Morgan fingerprint density at radius 1 is 1.71 bits per heavy atom. The number of anilines is 2. The number of nitrogens with one attached hydrogen (secondary N) is 1. The van der Waals surface area contributed by atoms with Gasteiger partial charge in [-0.2, -0.15) is 5.10 Å². The summed E-state index contributed by atoms with van der Waals surface area (Å²) in [6.07, 6.45) is 1.74. The molecule has 0 aliphatic heterocycles. The van der Waals surface area contributed by atoms with Crippen LogP contribution in [-0.4, -0.2) is 36.5 Å². The van der Waals surface area contributed by atoms with E-state index < -0.39 is 0 Å². The minimum Gasteiger partial charge on any atom is -0.383 e. The number of nitrogen functional groups attached to an aromatic ring is 1. The van der Waals surface area contributed by atoms with Gasteiger partial charge in [0.1, 0.15) is 5.82 Å². The van der Waals surface area contributed by atoms with Crippen molar-refractivity contribution in [2.24, 2.45) is 0 Å². The standard InChI is InChI=1S/C9H18N4O/c1-4-13(7(2)6-14-3)8-5-11-12-9(8)10/h5,7H,4,6H2,1-3H3,(H3,10,11,12). The molecule has 1 atom stereocenters. The molecule has 80 valence electrons. The molecule has 1 heterocycles. The molecule has 0 amide bonds. The van der Waals surface area contributed by atoms with Gasteiger partial charge in [-0.1, -0.05) is 0 Å². The highest BCUT2D eigenvalue weighted by Gasteiger charge is 2.15. The SMILES string of the molecule is CCN(c1cn[nH]c1N)C(C)COC. The van der Waals surface area contributed by atoms with Crippen LogP contribution in [0, 0.1) is 0 Å². The maximum absolute atomic E-state index is 5.75. The number of aromatic amines is 1. The van der Waals surface area contributed by atoms with Gasteiger partial charge in [0.2, 0.25) is 0 Å². The molecule has 14 heavy (non-hydrogen) atoms. The Kier molecular flexibility index (Phi) is 3.76. The number of nitrogens with two attached hydrogens (primary N) is 1. The van der Waals surface area contributed by atoms with Gasteiger partial charge >= 0.3 is 0 Å². The first-order chi connectivity index (χ1) is 6.70. The third kappa shape index (κ3) is 2.17. The largest absolute Gasteiger partial charge is 0.383 e. The average Bonchev–Trinajstić information content (AvgIpc) is 2.54. The molecule has 1 unspecified atom stereocenters. The summed E-state index contributed by atoms with van der Waals surface area (Å²) in [5.74, 6) is 0.606. The smallest absolute Gasteiger partial charge is 0.142 e. The second kappa shape index (κ2) is 4.85. The molecule has 0 spiro atoms. The Bertz CT molecular complexity index is 274. The molecular formula is C9H18N4O. The summed E-state index contributed by atoms with van der Waals surface area (Å²) in [4.78, 5) is 2.16. The first kappa shape index (κ1) is 10.8. The molecular weight excluding hydrogens is 180 g/mol. The molecule has 0 saturated carbocycles. The molecule has 1 aromatic heterocycles. The van der Waals surface area contributed by atoms with Gasteiger partial charge in [0.05, 0.1) is 18.5 Å². The zero-order valence-electron chi connectivity index (χ0n) is 8.95. The van der Waals surface area contributed by atoms with Crippen molar-refractivity contribution in [1.82, 2.24) is 10.2 Å². The Balaban J connectivity index is 2.76. The fraction of sp³-hybridized carbons (Fsp3) is 0.667. The highest BCUT2D eigenvalue weighted by molar-refractivity contribution is 5.62. The van der Waals surface area contributed by atoms with Crippen LogP contribution in [-0.2, 0) is 4.74 Å². The van der Waals surface area contributed by atoms with E-state index in [1.54, 1.807) is 13.3 Å². The Labute approximate surface area is 84.2 Å². The number of H-pyrrole nitrogens is 1. The molecule has 3 N–H and O–H groups in total. The predicted octanol–water partition coefficient (Wildman–Crippen LogP) is 0.853. The van der Waals surface area contributed by atoms with Crippen LogP contribution in [0.15, 0.2) is 6.20 Å². The van der Waals surface area contributed by atoms with Gasteiger partial charge in [0, 0.05) is 19.7 Å². The summed E-state index contributed by atoms with van der Waals surface area (Å²) in [6.45, 7) is 5.74. The molecule has 0 aliphatic carbocycles. The van der Waals surface area contributed by atoms with Crippen molar-refractivity contribution in [2.75, 3.05) is 30.9 Å². The van der Waals surface area contributed by atoms with Gasteiger partial charge in [-0.15, -0.1) is 0 Å². The summed E-state index contributed by atoms with van der Waals surface area (Å²) < 4.78 is 5.11. The van der Waals surface area contributed by atoms with E-state index in [9.17, 15) is 0 Å². The number of hydrogen-bond donors (Lipinski definition) is 2. The van der Waals surface area contributed by atoms with E-state index in [1.807, 2.05) is 0 Å². The van der Waals surface area contributed by atoms with Gasteiger partial charge in [0.15, 0.2) is 0 Å². The van der Waals surface area contributed by atoms with Crippen molar-refractivity contribution in [2.45, 2.75) is 19.9 Å². The number of likely N-dealkylation sites (N-methyl/N-ethyl adjacent to an activating group) is 1. The van der Waals surface area contributed by atoms with Crippen LogP contribution in [0.1, 0.15) is 13.8 Å². The third-order valence-corrected chi connectivity index (χ3v) is 2.24. The van der Waals surface area contributed by atoms with Gasteiger partial charge in [-0.05, 0) is 13.8 Å². The van der Waals surface area contributed by atoms with Gasteiger partial charge in [-0.3, -0.25) is 5.10 Å². The van der Waals surface area contributed by atoms with Crippen molar-refractivity contribution >= 4 is 11.5 Å². The predicted molar refractivity (Wildman–Crippen MR) is 57.4 cm³/mol. The normalized spacial score (nSPS) is 12.8. The Hall–Kier alpha value is -1.23.